The van der Waals surface area contributed by atoms with Crippen LogP contribution in [0.4, 0.5) is 0 Å². The lowest BCUT2D eigenvalue weighted by Crippen LogP contribution is -2.60. The summed E-state index contributed by atoms with van der Waals surface area (Å²) in [6.45, 7) is 3.74. The summed E-state index contributed by atoms with van der Waals surface area (Å²) in [5, 5.41) is 54.9. The summed E-state index contributed by atoms with van der Waals surface area (Å²) in [7, 11) is 0. The van der Waals surface area contributed by atoms with Crippen LogP contribution in [0.15, 0.2) is 109 Å². The molecule has 9 heteroatoms. The van der Waals surface area contributed by atoms with Crippen molar-refractivity contribution in [2.75, 3.05) is 13.2 Å². The van der Waals surface area contributed by atoms with E-state index in [1.807, 2.05) is 0 Å². The molecule has 1 rings (SSSR count). The van der Waals surface area contributed by atoms with Crippen molar-refractivity contribution in [2.45, 2.75) is 333 Å². The predicted molar refractivity (Wildman–Crippen MR) is 350 cm³/mol. The summed E-state index contributed by atoms with van der Waals surface area (Å²) in [6.07, 6.45) is 82.8. The Morgan fingerprint density at radius 1 is 0.427 bits per heavy atom. The number of unbranched alkanes of at least 4 members (excludes halogenated alkanes) is 30. The summed E-state index contributed by atoms with van der Waals surface area (Å²) < 4.78 is 11.4. The van der Waals surface area contributed by atoms with Gasteiger partial charge in [-0.2, -0.15) is 0 Å². The van der Waals surface area contributed by atoms with E-state index in [1.165, 1.54) is 161 Å². The normalized spacial score (nSPS) is 19.0. The molecule has 1 aliphatic heterocycles. The molecule has 82 heavy (non-hydrogen) atoms. The van der Waals surface area contributed by atoms with Crippen molar-refractivity contribution in [3.8, 4) is 0 Å². The van der Waals surface area contributed by atoms with E-state index < -0.39 is 49.5 Å². The summed E-state index contributed by atoms with van der Waals surface area (Å²) in [4.78, 5) is 13.1. The van der Waals surface area contributed by atoms with Crippen molar-refractivity contribution in [3.63, 3.8) is 0 Å². The highest BCUT2D eigenvalue weighted by Gasteiger charge is 2.44. The van der Waals surface area contributed by atoms with Crippen molar-refractivity contribution in [3.05, 3.63) is 109 Å². The Morgan fingerprint density at radius 3 is 1.12 bits per heavy atom. The lowest BCUT2D eigenvalue weighted by atomic mass is 9.99. The number of carbonyl (C=O) groups is 1. The number of allylic oxidation sites excluding steroid dienone is 18. The van der Waals surface area contributed by atoms with E-state index in [1.54, 1.807) is 0 Å². The molecule has 0 aromatic rings. The molecular weight excluding hydrogens is 1020 g/mol. The van der Waals surface area contributed by atoms with E-state index in [2.05, 4.69) is 129 Å². The van der Waals surface area contributed by atoms with Crippen LogP contribution < -0.4 is 5.32 Å². The first-order valence-corrected chi connectivity index (χ1v) is 34.1. The maximum Gasteiger partial charge on any atom is 0.220 e. The van der Waals surface area contributed by atoms with E-state index in [9.17, 15) is 30.3 Å². The zero-order chi connectivity index (χ0) is 59.3. The quantitative estimate of drug-likeness (QED) is 0.0261. The van der Waals surface area contributed by atoms with Gasteiger partial charge in [-0.05, 0) is 83.5 Å². The highest BCUT2D eigenvalue weighted by molar-refractivity contribution is 5.76. The van der Waals surface area contributed by atoms with Crippen molar-refractivity contribution in [1.29, 1.82) is 0 Å². The standard InChI is InChI=1S/C73H127NO8/c1-3-5-7-9-11-13-15-17-19-21-23-25-27-28-29-30-31-32-33-34-35-36-37-38-39-40-41-43-45-47-49-51-53-55-57-59-61-63-69(77)74-66(65-81-73-72(80)71(79)70(78)68(64-75)82-73)67(76)62-60-58-56-54-52-50-48-46-44-42-26-24-22-20-18-16-14-12-10-8-6-4-2/h5,7,11,13,17,19,23,25,28-29,31-32,34-35,37-38,40-41,66-68,70-73,75-76,78-80H,3-4,6,8-10,12,14-16,18,20-22,24,26-27,30,33,36,39,42-65H2,1-2H3,(H,74,77)/b7-5-,13-11-,19-17-,25-23-,29-28-,32-31-,35-34-,38-37-,41-40-. The lowest BCUT2D eigenvalue weighted by molar-refractivity contribution is -0.302. The lowest BCUT2D eigenvalue weighted by Gasteiger charge is -2.40. The summed E-state index contributed by atoms with van der Waals surface area (Å²) in [5.74, 6) is -0.152. The highest BCUT2D eigenvalue weighted by atomic mass is 16.7. The van der Waals surface area contributed by atoms with Gasteiger partial charge in [0.25, 0.3) is 0 Å². The van der Waals surface area contributed by atoms with Gasteiger partial charge in [0.1, 0.15) is 24.4 Å². The Labute approximate surface area is 504 Å². The first kappa shape index (κ1) is 76.9. The SMILES string of the molecule is CC/C=C\C/C=C\C/C=C\C/C=C\C/C=C\C/C=C\C/C=C\C/C=C\C/C=C\CCCCCCCCCCCC(=O)NC(COC1OC(CO)C(O)C(O)C1O)C(O)CCCCCCCCCCCCCCCCCCCCCCCC. The number of ether oxygens (including phenoxy) is 2. The fraction of sp³-hybridized carbons (Fsp3) is 0.740. The molecule has 0 bridgehead atoms. The number of amides is 1. The molecule has 1 heterocycles. The molecule has 1 aliphatic rings. The number of hydrogen-bond acceptors (Lipinski definition) is 8. The minimum absolute atomic E-state index is 0.145. The maximum atomic E-state index is 13.1. The van der Waals surface area contributed by atoms with Gasteiger partial charge in [-0.1, -0.05) is 309 Å². The molecule has 7 atom stereocenters. The van der Waals surface area contributed by atoms with Gasteiger partial charge < -0.3 is 40.3 Å². The fourth-order valence-electron chi connectivity index (χ4n) is 10.3. The van der Waals surface area contributed by atoms with Crippen molar-refractivity contribution in [2.24, 2.45) is 0 Å². The third-order valence-corrected chi connectivity index (χ3v) is 15.6. The minimum atomic E-state index is -1.56. The third kappa shape index (κ3) is 49.1. The van der Waals surface area contributed by atoms with Crippen LogP contribution in [0, 0.1) is 0 Å². The summed E-state index contributed by atoms with van der Waals surface area (Å²) in [6, 6.07) is -0.731. The van der Waals surface area contributed by atoms with Crippen LogP contribution in [-0.2, 0) is 14.3 Å². The van der Waals surface area contributed by atoms with Crippen LogP contribution in [0.1, 0.15) is 290 Å². The molecule has 0 aromatic carbocycles. The smallest absolute Gasteiger partial charge is 0.220 e. The van der Waals surface area contributed by atoms with Crippen molar-refractivity contribution < 1.29 is 39.8 Å². The van der Waals surface area contributed by atoms with Crippen molar-refractivity contribution >= 4 is 5.91 Å². The van der Waals surface area contributed by atoms with Gasteiger partial charge in [0.15, 0.2) is 6.29 Å². The number of aliphatic hydroxyl groups is 5. The summed E-state index contributed by atoms with van der Waals surface area (Å²) in [5.41, 5.74) is 0. The number of carbonyl (C=O) groups excluding carboxylic acids is 1. The first-order chi connectivity index (χ1) is 40.3. The number of rotatable bonds is 58. The van der Waals surface area contributed by atoms with E-state index in [4.69, 9.17) is 9.47 Å². The maximum absolute atomic E-state index is 13.1. The Kier molecular flexibility index (Phi) is 57.1. The Morgan fingerprint density at radius 2 is 0.756 bits per heavy atom. The Hall–Kier alpha value is -3.15. The second-order valence-corrected chi connectivity index (χ2v) is 23.2. The van der Waals surface area contributed by atoms with E-state index >= 15 is 0 Å². The van der Waals surface area contributed by atoms with E-state index in [-0.39, 0.29) is 12.5 Å². The van der Waals surface area contributed by atoms with Crippen LogP contribution in [0.25, 0.3) is 0 Å². The zero-order valence-corrected chi connectivity index (χ0v) is 52.7. The average molecular weight is 1150 g/mol. The topological polar surface area (TPSA) is 149 Å². The van der Waals surface area contributed by atoms with Crippen LogP contribution in [0.5, 0.6) is 0 Å². The molecule has 0 saturated carbocycles. The van der Waals surface area contributed by atoms with Crippen LogP contribution in [-0.4, -0.2) is 87.5 Å². The molecular formula is C73H127NO8. The van der Waals surface area contributed by atoms with Crippen molar-refractivity contribution in [1.82, 2.24) is 5.32 Å². The largest absolute Gasteiger partial charge is 0.394 e. The Bertz CT molecular complexity index is 1660. The molecule has 9 nitrogen and oxygen atoms in total. The van der Waals surface area contributed by atoms with Crippen LogP contribution in [0.2, 0.25) is 0 Å². The second-order valence-electron chi connectivity index (χ2n) is 23.2. The van der Waals surface area contributed by atoms with Crippen LogP contribution >= 0.6 is 0 Å². The van der Waals surface area contributed by atoms with Gasteiger partial charge in [-0.15, -0.1) is 0 Å². The molecule has 472 valence electrons. The minimum Gasteiger partial charge on any atom is -0.394 e. The molecule has 0 aromatic heterocycles. The fourth-order valence-corrected chi connectivity index (χ4v) is 10.3. The molecule has 0 radical (unpaired) electrons. The van der Waals surface area contributed by atoms with Gasteiger partial charge in [0.05, 0.1) is 25.4 Å². The molecule has 0 spiro atoms. The second kappa shape index (κ2) is 61.0. The molecule has 7 unspecified atom stereocenters. The molecule has 1 fully saturated rings. The molecule has 6 N–H and O–H groups in total. The molecule has 0 aliphatic carbocycles. The highest BCUT2D eigenvalue weighted by Crippen LogP contribution is 2.23. The average Bonchev–Trinajstić information content (AvgIpc) is 3.59. The van der Waals surface area contributed by atoms with Gasteiger partial charge in [-0.3, -0.25) is 4.79 Å². The van der Waals surface area contributed by atoms with Gasteiger partial charge >= 0.3 is 0 Å². The number of nitrogens with one attached hydrogen (secondary N) is 1. The Balaban J connectivity index is 2.15. The first-order valence-electron chi connectivity index (χ1n) is 34.1. The van der Waals surface area contributed by atoms with E-state index in [0.29, 0.717) is 12.8 Å². The molecule has 1 amide bonds. The van der Waals surface area contributed by atoms with Gasteiger partial charge in [0, 0.05) is 6.42 Å². The molecule has 1 saturated heterocycles. The van der Waals surface area contributed by atoms with Crippen LogP contribution in [0.3, 0.4) is 0 Å². The number of hydrogen-bond donors (Lipinski definition) is 6. The zero-order valence-electron chi connectivity index (χ0n) is 52.7. The summed E-state index contributed by atoms with van der Waals surface area (Å²) >= 11 is 0. The van der Waals surface area contributed by atoms with Gasteiger partial charge in [-0.25, -0.2) is 0 Å². The van der Waals surface area contributed by atoms with Gasteiger partial charge in [0.2, 0.25) is 5.91 Å². The third-order valence-electron chi connectivity index (χ3n) is 15.6. The monoisotopic (exact) mass is 1150 g/mol. The predicted octanol–water partition coefficient (Wildman–Crippen LogP) is 18.5. The van der Waals surface area contributed by atoms with E-state index in [0.717, 1.165) is 103 Å². The number of aliphatic hydroxyl groups excluding tert-OH is 5.